The monoisotopic (exact) mass is 347 g/mol. The number of amides is 1. The minimum atomic E-state index is -1.14. The second kappa shape index (κ2) is 7.36. The topological polar surface area (TPSA) is 75.6 Å². The molecule has 0 saturated carbocycles. The molecule has 5 nitrogen and oxygen atoms in total. The average molecular weight is 348 g/mol. The first kappa shape index (κ1) is 17.8. The van der Waals surface area contributed by atoms with Crippen LogP contribution < -0.4 is 10.1 Å². The molecule has 0 atom stereocenters. The Morgan fingerprint density at radius 3 is 2.42 bits per heavy atom. The van der Waals surface area contributed by atoms with Crippen LogP contribution in [-0.4, -0.2) is 24.1 Å². The number of carboxylic acids is 1. The van der Waals surface area contributed by atoms with Crippen LogP contribution in [0.25, 0.3) is 0 Å². The van der Waals surface area contributed by atoms with Crippen molar-refractivity contribution in [2.75, 3.05) is 12.4 Å². The lowest BCUT2D eigenvalue weighted by Crippen LogP contribution is -2.14. The predicted molar refractivity (Wildman–Crippen MR) is 93.4 cm³/mol. The molecule has 0 aromatic heterocycles. The fraction of sp³-hybridized carbons (Fsp3) is 0.222. The molecule has 0 bridgehead atoms. The lowest BCUT2D eigenvalue weighted by atomic mass is 9.99. The number of nitrogens with one attached hydrogen (secondary N) is 1. The Morgan fingerprint density at radius 1 is 1.17 bits per heavy atom. The molecule has 0 spiro atoms. The second-order valence-electron chi connectivity index (χ2n) is 5.54. The Hall–Kier alpha value is -2.53. The van der Waals surface area contributed by atoms with E-state index in [2.05, 4.69) is 5.32 Å². The van der Waals surface area contributed by atoms with E-state index in [1.165, 1.54) is 13.2 Å². The van der Waals surface area contributed by atoms with E-state index in [1.807, 2.05) is 13.8 Å². The van der Waals surface area contributed by atoms with Crippen molar-refractivity contribution < 1.29 is 19.4 Å². The number of hydrogen-bond acceptors (Lipinski definition) is 3. The molecule has 0 aliphatic heterocycles. The van der Waals surface area contributed by atoms with Crippen molar-refractivity contribution in [3.8, 4) is 5.75 Å². The largest absolute Gasteiger partial charge is 0.496 e. The highest BCUT2D eigenvalue weighted by Crippen LogP contribution is 2.31. The maximum absolute atomic E-state index is 12.5. The summed E-state index contributed by atoms with van der Waals surface area (Å²) in [5, 5.41) is 12.2. The molecular formula is C18H18ClNO4. The van der Waals surface area contributed by atoms with Gasteiger partial charge in [0, 0.05) is 5.69 Å². The first-order valence-corrected chi connectivity index (χ1v) is 7.74. The van der Waals surface area contributed by atoms with Crippen LogP contribution >= 0.6 is 11.6 Å². The number of para-hydroxylation sites is 1. The quantitative estimate of drug-likeness (QED) is 0.839. The lowest BCUT2D eigenvalue weighted by molar-refractivity contribution is 0.0696. The first-order valence-electron chi connectivity index (χ1n) is 7.36. The number of carbonyl (C=O) groups excluding carboxylic acids is 1. The van der Waals surface area contributed by atoms with Crippen molar-refractivity contribution in [1.82, 2.24) is 0 Å². The highest BCUT2D eigenvalue weighted by atomic mass is 35.5. The third-order valence-corrected chi connectivity index (χ3v) is 3.98. The summed E-state index contributed by atoms with van der Waals surface area (Å²) in [4.78, 5) is 23.9. The van der Waals surface area contributed by atoms with Gasteiger partial charge in [-0.1, -0.05) is 37.6 Å². The third kappa shape index (κ3) is 3.68. The fourth-order valence-electron chi connectivity index (χ4n) is 2.33. The van der Waals surface area contributed by atoms with Crippen molar-refractivity contribution in [1.29, 1.82) is 0 Å². The van der Waals surface area contributed by atoms with Gasteiger partial charge in [0.2, 0.25) is 0 Å². The summed E-state index contributed by atoms with van der Waals surface area (Å²) in [5.41, 5.74) is 1.35. The van der Waals surface area contributed by atoms with E-state index < -0.39 is 5.97 Å². The zero-order valence-corrected chi connectivity index (χ0v) is 14.3. The Balaban J connectivity index is 2.42. The van der Waals surface area contributed by atoms with Gasteiger partial charge in [0.05, 0.1) is 23.3 Å². The number of rotatable bonds is 5. The molecule has 0 unspecified atom stereocenters. The van der Waals surface area contributed by atoms with Gasteiger partial charge < -0.3 is 15.2 Å². The zero-order valence-electron chi connectivity index (χ0n) is 13.6. The van der Waals surface area contributed by atoms with Crippen LogP contribution in [-0.2, 0) is 0 Å². The number of carboxylic acid groups (broad SMARTS) is 1. The van der Waals surface area contributed by atoms with E-state index in [9.17, 15) is 14.7 Å². The molecule has 24 heavy (non-hydrogen) atoms. The molecule has 2 N–H and O–H groups in total. The maximum atomic E-state index is 12.5. The number of halogens is 1. The van der Waals surface area contributed by atoms with Gasteiger partial charge in [0.25, 0.3) is 5.91 Å². The number of ether oxygens (including phenoxy) is 1. The molecule has 0 radical (unpaired) electrons. The zero-order chi connectivity index (χ0) is 17.9. The van der Waals surface area contributed by atoms with Crippen molar-refractivity contribution in [2.24, 2.45) is 0 Å². The Labute approximate surface area is 145 Å². The van der Waals surface area contributed by atoms with E-state index in [-0.39, 0.29) is 22.4 Å². The minimum absolute atomic E-state index is 0.0127. The smallest absolute Gasteiger partial charge is 0.337 e. The number of anilines is 1. The highest BCUT2D eigenvalue weighted by Gasteiger charge is 2.18. The number of methoxy groups -OCH3 is 1. The van der Waals surface area contributed by atoms with E-state index in [0.29, 0.717) is 22.6 Å². The summed E-state index contributed by atoms with van der Waals surface area (Å²) in [6, 6.07) is 9.83. The summed E-state index contributed by atoms with van der Waals surface area (Å²) >= 11 is 6.16. The molecule has 0 aliphatic carbocycles. The summed E-state index contributed by atoms with van der Waals surface area (Å²) in [7, 11) is 1.48. The van der Waals surface area contributed by atoms with Gasteiger partial charge in [-0.05, 0) is 35.7 Å². The van der Waals surface area contributed by atoms with Crippen LogP contribution in [0, 0.1) is 0 Å². The summed E-state index contributed by atoms with van der Waals surface area (Å²) in [6.07, 6.45) is 0. The standard InChI is InChI=1S/C18H18ClNO4/c1-10(2)13-8-11(9-14(16(13)19)18(22)23)20-17(21)12-6-4-5-7-15(12)24-3/h4-10H,1-3H3,(H,20,21)(H,22,23). The van der Waals surface area contributed by atoms with Crippen molar-refractivity contribution in [2.45, 2.75) is 19.8 Å². The Kier molecular flexibility index (Phi) is 5.46. The number of aromatic carboxylic acids is 1. The van der Waals surface area contributed by atoms with Crippen molar-refractivity contribution in [3.05, 3.63) is 58.1 Å². The predicted octanol–water partition coefficient (Wildman–Crippen LogP) is 4.42. The van der Waals surface area contributed by atoms with Crippen LogP contribution in [0.4, 0.5) is 5.69 Å². The summed E-state index contributed by atoms with van der Waals surface area (Å²) in [5.74, 6) is -1.08. The van der Waals surface area contributed by atoms with Gasteiger partial charge in [-0.25, -0.2) is 4.79 Å². The number of benzene rings is 2. The molecule has 2 aromatic carbocycles. The molecule has 0 saturated heterocycles. The van der Waals surface area contributed by atoms with Gasteiger partial charge in [0.15, 0.2) is 0 Å². The molecular weight excluding hydrogens is 330 g/mol. The molecule has 6 heteroatoms. The number of carbonyl (C=O) groups is 2. The van der Waals surface area contributed by atoms with Crippen LogP contribution in [0.5, 0.6) is 5.75 Å². The molecule has 2 aromatic rings. The maximum Gasteiger partial charge on any atom is 0.337 e. The molecule has 2 rings (SSSR count). The van der Waals surface area contributed by atoms with Gasteiger partial charge in [-0.2, -0.15) is 0 Å². The molecule has 0 fully saturated rings. The fourth-order valence-corrected chi connectivity index (χ4v) is 2.73. The highest BCUT2D eigenvalue weighted by molar-refractivity contribution is 6.34. The normalized spacial score (nSPS) is 10.5. The molecule has 0 aliphatic rings. The molecule has 0 heterocycles. The minimum Gasteiger partial charge on any atom is -0.496 e. The van der Waals surface area contributed by atoms with E-state index in [1.54, 1.807) is 30.3 Å². The average Bonchev–Trinajstić information content (AvgIpc) is 2.55. The van der Waals surface area contributed by atoms with Gasteiger partial charge in [-0.3, -0.25) is 4.79 Å². The van der Waals surface area contributed by atoms with Gasteiger partial charge in [-0.15, -0.1) is 0 Å². The van der Waals surface area contributed by atoms with Crippen LogP contribution in [0.3, 0.4) is 0 Å². The van der Waals surface area contributed by atoms with E-state index in [4.69, 9.17) is 16.3 Å². The first-order chi connectivity index (χ1) is 11.3. The lowest BCUT2D eigenvalue weighted by Gasteiger charge is -2.15. The molecule has 126 valence electrons. The van der Waals surface area contributed by atoms with Crippen LogP contribution in [0.15, 0.2) is 36.4 Å². The third-order valence-electron chi connectivity index (χ3n) is 3.56. The van der Waals surface area contributed by atoms with Gasteiger partial charge in [0.1, 0.15) is 5.75 Å². The van der Waals surface area contributed by atoms with E-state index >= 15 is 0 Å². The van der Waals surface area contributed by atoms with Gasteiger partial charge >= 0.3 is 5.97 Å². The Morgan fingerprint density at radius 2 is 1.83 bits per heavy atom. The number of hydrogen-bond donors (Lipinski definition) is 2. The van der Waals surface area contributed by atoms with Crippen molar-refractivity contribution in [3.63, 3.8) is 0 Å². The van der Waals surface area contributed by atoms with Crippen molar-refractivity contribution >= 4 is 29.2 Å². The van der Waals surface area contributed by atoms with Crippen LogP contribution in [0.2, 0.25) is 5.02 Å². The van der Waals surface area contributed by atoms with E-state index in [0.717, 1.165) is 0 Å². The SMILES string of the molecule is COc1ccccc1C(=O)Nc1cc(C(=O)O)c(Cl)c(C(C)C)c1. The molecule has 1 amide bonds. The Bertz CT molecular complexity index is 787. The second-order valence-corrected chi connectivity index (χ2v) is 5.92. The summed E-state index contributed by atoms with van der Waals surface area (Å²) in [6.45, 7) is 3.80. The summed E-state index contributed by atoms with van der Waals surface area (Å²) < 4.78 is 5.17. The van der Waals surface area contributed by atoms with Crippen LogP contribution in [0.1, 0.15) is 46.0 Å².